The maximum atomic E-state index is 14.4. The average Bonchev–Trinajstić information content (AvgIpc) is 3.19. The van der Waals surface area contributed by atoms with Crippen LogP contribution in [0.3, 0.4) is 0 Å². The van der Waals surface area contributed by atoms with Gasteiger partial charge in [0.1, 0.15) is 5.82 Å². The lowest BCUT2D eigenvalue weighted by molar-refractivity contribution is 0.0514. The third-order valence-electron chi connectivity index (χ3n) is 11.5. The van der Waals surface area contributed by atoms with Gasteiger partial charge in [-0.1, -0.05) is 96.4 Å². The normalized spacial score (nSPS) is 14.3. The van der Waals surface area contributed by atoms with Crippen molar-refractivity contribution < 1.29 is 19.2 Å². The molecule has 6 aromatic rings. The average molecular weight is 757 g/mol. The molecule has 2 aliphatic heterocycles. The third kappa shape index (κ3) is 6.24. The Hall–Kier alpha value is -5.22. The summed E-state index contributed by atoms with van der Waals surface area (Å²) in [6, 6.07) is 15.0. The van der Waals surface area contributed by atoms with Crippen molar-refractivity contribution in [1.29, 1.82) is 0 Å². The van der Waals surface area contributed by atoms with E-state index < -0.39 is 0 Å². The zero-order valence-electron chi connectivity index (χ0n) is 31.6. The lowest BCUT2D eigenvalue weighted by Crippen LogP contribution is -2.47. The van der Waals surface area contributed by atoms with Crippen LogP contribution in [0, 0.1) is 0 Å². The fourth-order valence-electron chi connectivity index (χ4n) is 8.80. The summed E-state index contributed by atoms with van der Waals surface area (Å²) in [5, 5.41) is 9.64. The number of fused-ring (bicyclic) bond motifs is 2. The molecule has 0 atom stereocenters. The lowest BCUT2D eigenvalue weighted by Gasteiger charge is -2.35. The summed E-state index contributed by atoms with van der Waals surface area (Å²) in [6.07, 6.45) is 10.9. The Kier molecular flexibility index (Phi) is 10.1. The number of imide groups is 2. The summed E-state index contributed by atoms with van der Waals surface area (Å²) < 4.78 is 0. The molecule has 1 N–H and O–H groups in total. The summed E-state index contributed by atoms with van der Waals surface area (Å²) >= 11 is 6.05. The standard InChI is InChI=1S/C44H45ClN6O4/c1-4-7-9-11-13-25(14-12-10-8-5-2)51-41(54)32-21-17-28-26-15-19-30-37-31(20-16-27(35(26)37)29-18-22-33(42(51)55)38(32)36(28)29)40(53)50(39(30)52)24-23-46-44-48-34(6-3)47-43(45)49-44/h15-22,25H,4-14,23-24H2,1-3H3,(H,46,47,48,49). The van der Waals surface area contributed by atoms with Crippen LogP contribution in [0.25, 0.3) is 43.1 Å². The van der Waals surface area contributed by atoms with Crippen molar-refractivity contribution >= 4 is 84.3 Å². The Morgan fingerprint density at radius 3 is 1.51 bits per heavy atom. The van der Waals surface area contributed by atoms with Crippen molar-refractivity contribution in [3.63, 3.8) is 0 Å². The van der Waals surface area contributed by atoms with Gasteiger partial charge in [-0.2, -0.15) is 9.97 Å². The van der Waals surface area contributed by atoms with E-state index in [0.29, 0.717) is 45.3 Å². The van der Waals surface area contributed by atoms with Crippen molar-refractivity contribution in [2.45, 2.75) is 97.4 Å². The summed E-state index contributed by atoms with van der Waals surface area (Å²) in [5.74, 6) is -0.369. The molecule has 282 valence electrons. The fourth-order valence-corrected chi connectivity index (χ4v) is 8.97. The Labute approximate surface area is 325 Å². The zero-order chi connectivity index (χ0) is 38.4. The van der Waals surface area contributed by atoms with Gasteiger partial charge in [0.25, 0.3) is 23.6 Å². The number of halogens is 1. The minimum absolute atomic E-state index is 0.0742. The molecule has 5 aromatic carbocycles. The topological polar surface area (TPSA) is 125 Å². The summed E-state index contributed by atoms with van der Waals surface area (Å²) in [6.45, 7) is 6.61. The number of aromatic nitrogens is 3. The molecule has 10 nitrogen and oxygen atoms in total. The zero-order valence-corrected chi connectivity index (χ0v) is 32.4. The van der Waals surface area contributed by atoms with Gasteiger partial charge in [0, 0.05) is 58.6 Å². The number of carbonyl (C=O) groups is 4. The van der Waals surface area contributed by atoms with E-state index in [1.54, 1.807) is 17.0 Å². The second-order valence-corrected chi connectivity index (χ2v) is 15.2. The largest absolute Gasteiger partial charge is 0.352 e. The molecular weight excluding hydrogens is 712 g/mol. The van der Waals surface area contributed by atoms with Crippen LogP contribution in [0.1, 0.15) is 132 Å². The minimum atomic E-state index is -0.378. The molecule has 3 heterocycles. The Balaban J connectivity index is 1.16. The summed E-state index contributed by atoms with van der Waals surface area (Å²) in [7, 11) is 0. The van der Waals surface area contributed by atoms with Crippen molar-refractivity contribution in [2.24, 2.45) is 0 Å². The van der Waals surface area contributed by atoms with Crippen LogP contribution in [0.5, 0.6) is 0 Å². The molecule has 4 amide bonds. The number of nitrogens with one attached hydrogen (secondary N) is 1. The number of carbonyl (C=O) groups excluding carboxylic acids is 4. The highest BCUT2D eigenvalue weighted by molar-refractivity contribution is 6.41. The predicted molar refractivity (Wildman–Crippen MR) is 218 cm³/mol. The van der Waals surface area contributed by atoms with Crippen molar-refractivity contribution in [2.75, 3.05) is 18.4 Å². The highest BCUT2D eigenvalue weighted by Gasteiger charge is 2.39. The highest BCUT2D eigenvalue weighted by atomic mass is 35.5. The second-order valence-electron chi connectivity index (χ2n) is 14.9. The lowest BCUT2D eigenvalue weighted by atomic mass is 9.82. The van der Waals surface area contributed by atoms with Crippen molar-refractivity contribution in [3.05, 3.63) is 81.9 Å². The minimum Gasteiger partial charge on any atom is -0.352 e. The van der Waals surface area contributed by atoms with Crippen molar-refractivity contribution in [1.82, 2.24) is 24.8 Å². The van der Waals surface area contributed by atoms with Gasteiger partial charge in [0.2, 0.25) is 11.2 Å². The second kappa shape index (κ2) is 15.1. The quantitative estimate of drug-likeness (QED) is 0.0448. The first-order chi connectivity index (χ1) is 26.8. The van der Waals surface area contributed by atoms with Crippen LogP contribution in [0.2, 0.25) is 5.28 Å². The number of nitrogens with zero attached hydrogens (tertiary/aromatic N) is 5. The molecule has 2 aliphatic rings. The number of anilines is 1. The smallest absolute Gasteiger partial charge is 0.261 e. The molecule has 0 saturated heterocycles. The van der Waals surface area contributed by atoms with Crippen LogP contribution in [-0.2, 0) is 6.42 Å². The fraction of sp³-hybridized carbons (Fsp3) is 0.386. The number of unbranched alkanes of at least 4 members (excludes halogenated alkanes) is 6. The molecule has 0 saturated carbocycles. The van der Waals surface area contributed by atoms with E-state index >= 15 is 0 Å². The maximum Gasteiger partial charge on any atom is 0.261 e. The summed E-state index contributed by atoms with van der Waals surface area (Å²) in [5.41, 5.74) is 2.00. The van der Waals surface area contributed by atoms with E-state index in [4.69, 9.17) is 11.6 Å². The van der Waals surface area contributed by atoms with Crippen LogP contribution in [0.4, 0.5) is 5.95 Å². The molecule has 0 spiro atoms. The molecule has 0 bridgehead atoms. The van der Waals surface area contributed by atoms with Gasteiger partial charge in [0.15, 0.2) is 0 Å². The molecule has 0 fully saturated rings. The van der Waals surface area contributed by atoms with Gasteiger partial charge in [-0.15, -0.1) is 0 Å². The number of hydrogen-bond donors (Lipinski definition) is 1. The van der Waals surface area contributed by atoms with Crippen LogP contribution in [-0.4, -0.2) is 67.5 Å². The van der Waals surface area contributed by atoms with Gasteiger partial charge in [-0.05, 0) is 81.0 Å². The van der Waals surface area contributed by atoms with Crippen molar-refractivity contribution in [3.8, 4) is 0 Å². The van der Waals surface area contributed by atoms with Crippen LogP contribution in [0.15, 0.2) is 48.5 Å². The maximum absolute atomic E-state index is 14.4. The Morgan fingerprint density at radius 2 is 1.05 bits per heavy atom. The van der Waals surface area contributed by atoms with E-state index in [1.165, 1.54) is 4.90 Å². The monoisotopic (exact) mass is 756 g/mol. The van der Waals surface area contributed by atoms with Gasteiger partial charge in [-0.3, -0.25) is 29.0 Å². The molecule has 55 heavy (non-hydrogen) atoms. The predicted octanol–water partition coefficient (Wildman–Crippen LogP) is 9.75. The van der Waals surface area contributed by atoms with Gasteiger partial charge in [-0.25, -0.2) is 4.98 Å². The van der Waals surface area contributed by atoms with E-state index in [1.807, 2.05) is 43.3 Å². The van der Waals surface area contributed by atoms with E-state index in [-0.39, 0.29) is 54.0 Å². The number of amides is 4. The van der Waals surface area contributed by atoms with Crippen LogP contribution < -0.4 is 5.32 Å². The SMILES string of the molecule is CCCCCCC(CCCCCC)N1C(=O)c2ccc3c4ccc5c6c(ccc(c7ccc(c2c37)C1=O)c64)C(=O)N(CCNc1nc(Cl)nc(CC)n1)C5=O. The van der Waals surface area contributed by atoms with Gasteiger partial charge >= 0.3 is 0 Å². The molecular formula is C44H45ClN6O4. The number of aryl methyl sites for hydroxylation is 1. The van der Waals surface area contributed by atoms with E-state index in [0.717, 1.165) is 96.5 Å². The Bertz CT molecular complexity index is 2380. The molecule has 0 radical (unpaired) electrons. The molecule has 11 heteroatoms. The molecule has 0 aliphatic carbocycles. The number of rotatable bonds is 16. The molecule has 1 aromatic heterocycles. The van der Waals surface area contributed by atoms with E-state index in [9.17, 15) is 19.2 Å². The first-order valence-corrected chi connectivity index (χ1v) is 20.2. The van der Waals surface area contributed by atoms with Gasteiger partial charge in [0.05, 0.1) is 0 Å². The first kappa shape index (κ1) is 36.7. The Morgan fingerprint density at radius 1 is 0.582 bits per heavy atom. The first-order valence-electron chi connectivity index (χ1n) is 19.9. The molecule has 8 rings (SSSR count). The van der Waals surface area contributed by atoms with Gasteiger partial charge < -0.3 is 5.32 Å². The third-order valence-corrected chi connectivity index (χ3v) is 11.7. The van der Waals surface area contributed by atoms with Crippen LogP contribution >= 0.6 is 11.6 Å². The number of hydrogen-bond acceptors (Lipinski definition) is 8. The number of benzene rings is 5. The summed E-state index contributed by atoms with van der Waals surface area (Å²) in [4.78, 5) is 72.2. The van der Waals surface area contributed by atoms with E-state index in [2.05, 4.69) is 34.1 Å². The molecule has 0 unspecified atom stereocenters. The highest BCUT2D eigenvalue weighted by Crippen LogP contribution is 2.46.